The molecule has 0 saturated carbocycles. The lowest BCUT2D eigenvalue weighted by atomic mass is 9.98. The molecule has 1 aliphatic heterocycles. The standard InChI is InChI=1S/C14H17N3O/c18-14-12-9-17(7-6-13(12)15-10-16-14)8-11-4-2-1-3-5-11/h1-4,10-11H,5-9H2,(H,15,16,18). The first-order chi connectivity index (χ1) is 8.83. The Kier molecular flexibility index (Phi) is 3.11. The van der Waals surface area contributed by atoms with Crippen LogP contribution in [0.25, 0.3) is 0 Å². The fourth-order valence-electron chi connectivity index (χ4n) is 2.66. The van der Waals surface area contributed by atoms with E-state index in [0.717, 1.165) is 43.7 Å². The van der Waals surface area contributed by atoms with Gasteiger partial charge in [-0.2, -0.15) is 0 Å². The van der Waals surface area contributed by atoms with E-state index in [9.17, 15) is 4.79 Å². The maximum Gasteiger partial charge on any atom is 0.255 e. The molecule has 18 heavy (non-hydrogen) atoms. The molecule has 0 fully saturated rings. The average Bonchev–Trinajstić information content (AvgIpc) is 2.41. The predicted molar refractivity (Wildman–Crippen MR) is 70.2 cm³/mol. The molecule has 0 amide bonds. The molecule has 2 aliphatic rings. The first-order valence-corrected chi connectivity index (χ1v) is 6.44. The van der Waals surface area contributed by atoms with Gasteiger partial charge in [0.1, 0.15) is 0 Å². The molecule has 0 radical (unpaired) electrons. The van der Waals surface area contributed by atoms with Crippen LogP contribution in [0, 0.1) is 5.92 Å². The number of allylic oxidation sites excluding steroid dienone is 3. The number of rotatable bonds is 2. The van der Waals surface area contributed by atoms with Crippen LogP contribution in [0.2, 0.25) is 0 Å². The Balaban J connectivity index is 1.71. The summed E-state index contributed by atoms with van der Waals surface area (Å²) in [6.07, 6.45) is 12.2. The van der Waals surface area contributed by atoms with E-state index < -0.39 is 0 Å². The van der Waals surface area contributed by atoms with Crippen LogP contribution in [0.1, 0.15) is 17.7 Å². The quantitative estimate of drug-likeness (QED) is 0.850. The Labute approximate surface area is 106 Å². The summed E-state index contributed by atoms with van der Waals surface area (Å²) in [5, 5.41) is 0. The SMILES string of the molecule is O=c1[nH]cnc2c1CN(CC1C=CC=CC1)CC2. The monoisotopic (exact) mass is 243 g/mol. The van der Waals surface area contributed by atoms with Crippen LogP contribution in [-0.4, -0.2) is 28.0 Å². The van der Waals surface area contributed by atoms with E-state index in [0.29, 0.717) is 5.92 Å². The van der Waals surface area contributed by atoms with Crippen molar-refractivity contribution in [1.82, 2.24) is 14.9 Å². The third-order valence-electron chi connectivity index (χ3n) is 3.65. The van der Waals surface area contributed by atoms with Gasteiger partial charge in [-0.15, -0.1) is 0 Å². The second-order valence-corrected chi connectivity index (χ2v) is 4.95. The highest BCUT2D eigenvalue weighted by atomic mass is 16.1. The van der Waals surface area contributed by atoms with E-state index in [2.05, 4.69) is 39.2 Å². The van der Waals surface area contributed by atoms with Gasteiger partial charge in [-0.05, 0) is 12.3 Å². The third kappa shape index (κ3) is 2.29. The minimum Gasteiger partial charge on any atom is -0.313 e. The van der Waals surface area contributed by atoms with Crippen molar-refractivity contribution < 1.29 is 0 Å². The molecule has 1 unspecified atom stereocenters. The number of nitrogens with one attached hydrogen (secondary N) is 1. The summed E-state index contributed by atoms with van der Waals surface area (Å²) in [4.78, 5) is 21.0. The number of aromatic nitrogens is 2. The van der Waals surface area contributed by atoms with Gasteiger partial charge in [-0.25, -0.2) is 4.98 Å². The molecule has 1 aliphatic carbocycles. The molecule has 1 aromatic heterocycles. The van der Waals surface area contributed by atoms with Crippen molar-refractivity contribution in [3.63, 3.8) is 0 Å². The summed E-state index contributed by atoms with van der Waals surface area (Å²) >= 11 is 0. The van der Waals surface area contributed by atoms with Gasteiger partial charge >= 0.3 is 0 Å². The Bertz CT molecular complexity index is 544. The van der Waals surface area contributed by atoms with Gasteiger partial charge in [-0.3, -0.25) is 9.69 Å². The molecule has 3 rings (SSSR count). The first-order valence-electron chi connectivity index (χ1n) is 6.44. The van der Waals surface area contributed by atoms with Crippen molar-refractivity contribution in [3.8, 4) is 0 Å². The normalized spacial score (nSPS) is 23.0. The highest BCUT2D eigenvalue weighted by Gasteiger charge is 2.21. The van der Waals surface area contributed by atoms with Crippen LogP contribution in [0.3, 0.4) is 0 Å². The van der Waals surface area contributed by atoms with E-state index in [4.69, 9.17) is 0 Å². The topological polar surface area (TPSA) is 49.0 Å². The highest BCUT2D eigenvalue weighted by Crippen LogP contribution is 2.18. The summed E-state index contributed by atoms with van der Waals surface area (Å²) in [5.41, 5.74) is 1.83. The maximum absolute atomic E-state index is 11.8. The lowest BCUT2D eigenvalue weighted by molar-refractivity contribution is 0.226. The number of nitrogens with zero attached hydrogens (tertiary/aromatic N) is 2. The smallest absolute Gasteiger partial charge is 0.255 e. The predicted octanol–water partition coefficient (Wildman–Crippen LogP) is 1.26. The zero-order chi connectivity index (χ0) is 12.4. The van der Waals surface area contributed by atoms with Crippen LogP contribution in [0.15, 0.2) is 35.4 Å². The van der Waals surface area contributed by atoms with Crippen molar-refractivity contribution in [2.75, 3.05) is 13.1 Å². The number of hydrogen-bond acceptors (Lipinski definition) is 3. The zero-order valence-electron chi connectivity index (χ0n) is 10.3. The molecular weight excluding hydrogens is 226 g/mol. The lowest BCUT2D eigenvalue weighted by Gasteiger charge is -2.30. The largest absolute Gasteiger partial charge is 0.313 e. The average molecular weight is 243 g/mol. The Morgan fingerprint density at radius 1 is 1.44 bits per heavy atom. The van der Waals surface area contributed by atoms with Gasteiger partial charge in [0, 0.05) is 26.1 Å². The maximum atomic E-state index is 11.8. The molecule has 94 valence electrons. The first kappa shape index (κ1) is 11.4. The van der Waals surface area contributed by atoms with Crippen molar-refractivity contribution in [1.29, 1.82) is 0 Å². The van der Waals surface area contributed by atoms with E-state index >= 15 is 0 Å². The van der Waals surface area contributed by atoms with Crippen LogP contribution in [0.4, 0.5) is 0 Å². The molecule has 0 aromatic carbocycles. The summed E-state index contributed by atoms with van der Waals surface area (Å²) in [7, 11) is 0. The zero-order valence-corrected chi connectivity index (χ0v) is 10.3. The number of aromatic amines is 1. The molecule has 4 nitrogen and oxygen atoms in total. The molecule has 1 atom stereocenters. The van der Waals surface area contributed by atoms with Gasteiger partial charge in [0.05, 0.1) is 17.6 Å². The van der Waals surface area contributed by atoms with E-state index in [1.165, 1.54) is 6.33 Å². The van der Waals surface area contributed by atoms with Gasteiger partial charge in [0.15, 0.2) is 0 Å². The van der Waals surface area contributed by atoms with E-state index in [-0.39, 0.29) is 5.56 Å². The van der Waals surface area contributed by atoms with Crippen LogP contribution < -0.4 is 5.56 Å². The fraction of sp³-hybridized carbons (Fsp3) is 0.429. The van der Waals surface area contributed by atoms with E-state index in [1.807, 2.05) is 0 Å². The van der Waals surface area contributed by atoms with Gasteiger partial charge in [0.2, 0.25) is 0 Å². The minimum atomic E-state index is 0.0174. The van der Waals surface area contributed by atoms with E-state index in [1.54, 1.807) is 0 Å². The lowest BCUT2D eigenvalue weighted by Crippen LogP contribution is -2.38. The van der Waals surface area contributed by atoms with Crippen LogP contribution in [-0.2, 0) is 13.0 Å². The van der Waals surface area contributed by atoms with Gasteiger partial charge < -0.3 is 4.98 Å². The molecule has 1 aromatic rings. The van der Waals surface area contributed by atoms with Gasteiger partial charge in [0.25, 0.3) is 5.56 Å². The summed E-state index contributed by atoms with van der Waals surface area (Å²) in [5.74, 6) is 0.576. The number of fused-ring (bicyclic) bond motifs is 1. The van der Waals surface area contributed by atoms with Crippen molar-refractivity contribution >= 4 is 0 Å². The number of hydrogen-bond donors (Lipinski definition) is 1. The Morgan fingerprint density at radius 3 is 3.22 bits per heavy atom. The Hall–Kier alpha value is -1.68. The Morgan fingerprint density at radius 2 is 2.39 bits per heavy atom. The minimum absolute atomic E-state index is 0.0174. The van der Waals surface area contributed by atoms with Crippen molar-refractivity contribution in [2.45, 2.75) is 19.4 Å². The fourth-order valence-corrected chi connectivity index (χ4v) is 2.66. The highest BCUT2D eigenvalue weighted by molar-refractivity contribution is 5.19. The number of H-pyrrole nitrogens is 1. The molecule has 0 bridgehead atoms. The van der Waals surface area contributed by atoms with Crippen molar-refractivity contribution in [3.05, 3.63) is 52.2 Å². The van der Waals surface area contributed by atoms with Gasteiger partial charge in [-0.1, -0.05) is 24.3 Å². The summed E-state index contributed by atoms with van der Waals surface area (Å²) in [6.45, 7) is 2.75. The molecule has 2 heterocycles. The van der Waals surface area contributed by atoms with Crippen LogP contribution >= 0.6 is 0 Å². The molecule has 1 N–H and O–H groups in total. The summed E-state index contributed by atoms with van der Waals surface area (Å²) < 4.78 is 0. The van der Waals surface area contributed by atoms with Crippen LogP contribution in [0.5, 0.6) is 0 Å². The molecule has 0 spiro atoms. The summed E-state index contributed by atoms with van der Waals surface area (Å²) in [6, 6.07) is 0. The molecule has 0 saturated heterocycles. The second kappa shape index (κ2) is 4.90. The van der Waals surface area contributed by atoms with Crippen molar-refractivity contribution in [2.24, 2.45) is 5.92 Å². The second-order valence-electron chi connectivity index (χ2n) is 4.95. The molecular formula is C14H17N3O. The molecule has 4 heteroatoms. The third-order valence-corrected chi connectivity index (χ3v) is 3.65.